The molecule has 2 N–H and O–H groups in total. The third kappa shape index (κ3) is 5.22. The summed E-state index contributed by atoms with van der Waals surface area (Å²) >= 11 is 0. The highest BCUT2D eigenvalue weighted by molar-refractivity contribution is 7.89. The van der Waals surface area contributed by atoms with Gasteiger partial charge in [-0.3, -0.25) is 10.2 Å². The summed E-state index contributed by atoms with van der Waals surface area (Å²) in [5, 5.41) is 1.77. The van der Waals surface area contributed by atoms with Crippen LogP contribution in [0.5, 0.6) is 0 Å². The summed E-state index contributed by atoms with van der Waals surface area (Å²) in [6.07, 6.45) is 0.979. The molecule has 0 aliphatic heterocycles. The Morgan fingerprint density at radius 1 is 0.897 bits per heavy atom. The van der Waals surface area contributed by atoms with Crippen molar-refractivity contribution in [2.75, 3.05) is 0 Å². The number of amides is 1. The molecule has 0 fully saturated rings. The summed E-state index contributed by atoms with van der Waals surface area (Å²) < 4.78 is 25.1. The molecule has 0 aliphatic rings. The number of hydrazine groups is 1. The van der Waals surface area contributed by atoms with Gasteiger partial charge in [0.05, 0.1) is 10.8 Å². The molecule has 1 amide bonds. The Balaban J connectivity index is 1.66. The number of carbonyl (C=O) groups excluding carboxylic acids is 1. The Bertz CT molecular complexity index is 1110. The minimum absolute atomic E-state index is 0.0993. The van der Waals surface area contributed by atoms with Crippen molar-refractivity contribution in [2.24, 2.45) is 5.92 Å². The van der Waals surface area contributed by atoms with Crippen LogP contribution in [0.2, 0.25) is 0 Å². The highest BCUT2D eigenvalue weighted by Crippen LogP contribution is 2.20. The first kappa shape index (κ1) is 21.0. The summed E-state index contributed by atoms with van der Waals surface area (Å²) in [4.78, 5) is 14.8. The van der Waals surface area contributed by atoms with Crippen LogP contribution in [0.4, 0.5) is 0 Å². The second-order valence-electron chi connectivity index (χ2n) is 7.66. The molecule has 0 heterocycles. The average Bonchev–Trinajstić information content (AvgIpc) is 2.71. The molecule has 1 unspecified atom stereocenters. The van der Waals surface area contributed by atoms with Gasteiger partial charge in [0.1, 0.15) is 0 Å². The van der Waals surface area contributed by atoms with Gasteiger partial charge in [-0.2, -0.15) is 0 Å². The normalized spacial score (nSPS) is 12.8. The Morgan fingerprint density at radius 3 is 2.21 bits per heavy atom. The lowest BCUT2D eigenvalue weighted by Crippen LogP contribution is -2.43. The van der Waals surface area contributed by atoms with Gasteiger partial charge in [0.15, 0.2) is 0 Å². The molecule has 3 aromatic rings. The molecule has 29 heavy (non-hydrogen) atoms. The molecule has 0 saturated carbocycles. The minimum atomic E-state index is -3.86. The number of benzene rings is 3. The van der Waals surface area contributed by atoms with Crippen LogP contribution in [0.15, 0.2) is 71.6 Å². The molecule has 0 saturated heterocycles. The number of fused-ring (bicyclic) bond motifs is 1. The molecule has 3 rings (SSSR count). The van der Waals surface area contributed by atoms with E-state index in [1.54, 1.807) is 19.1 Å². The summed E-state index contributed by atoms with van der Waals surface area (Å²) in [6.45, 7) is 6.06. The fraction of sp³-hybridized carbons (Fsp3) is 0.261. The molecule has 5 nitrogen and oxygen atoms in total. The van der Waals surface area contributed by atoms with Crippen molar-refractivity contribution in [1.82, 2.24) is 10.3 Å². The SMILES string of the molecule is CC(C)Cc1ccc(C(C)C(=O)NNS(=O)(=O)c2ccc3ccccc3c2)cc1. The number of sulfonamides is 1. The molecule has 6 heteroatoms. The van der Waals surface area contributed by atoms with Crippen LogP contribution in [-0.2, 0) is 21.2 Å². The first-order chi connectivity index (χ1) is 13.8. The van der Waals surface area contributed by atoms with E-state index in [9.17, 15) is 13.2 Å². The molecule has 0 radical (unpaired) electrons. The molecule has 1 atom stereocenters. The van der Waals surface area contributed by atoms with Crippen molar-refractivity contribution < 1.29 is 13.2 Å². The van der Waals surface area contributed by atoms with Crippen LogP contribution < -0.4 is 10.3 Å². The Labute approximate surface area is 172 Å². The second-order valence-corrected chi connectivity index (χ2v) is 9.35. The zero-order chi connectivity index (χ0) is 21.0. The summed E-state index contributed by atoms with van der Waals surface area (Å²) in [5.41, 5.74) is 4.39. The molecule has 0 bridgehead atoms. The van der Waals surface area contributed by atoms with Gasteiger partial charge in [-0.25, -0.2) is 8.42 Å². The van der Waals surface area contributed by atoms with Gasteiger partial charge in [0.25, 0.3) is 10.0 Å². The quantitative estimate of drug-likeness (QED) is 0.575. The first-order valence-corrected chi connectivity index (χ1v) is 11.1. The number of hydrogen-bond acceptors (Lipinski definition) is 3. The highest BCUT2D eigenvalue weighted by Gasteiger charge is 2.19. The number of nitrogens with one attached hydrogen (secondary N) is 2. The largest absolute Gasteiger partial charge is 0.277 e. The third-order valence-corrected chi connectivity index (χ3v) is 6.10. The van der Waals surface area contributed by atoms with E-state index in [-0.39, 0.29) is 4.90 Å². The predicted molar refractivity (Wildman–Crippen MR) is 116 cm³/mol. The Kier molecular flexibility index (Phi) is 6.35. The molecule has 152 valence electrons. The molecular weight excluding hydrogens is 384 g/mol. The van der Waals surface area contributed by atoms with Crippen molar-refractivity contribution in [3.63, 3.8) is 0 Å². The standard InChI is InChI=1S/C23H26N2O3S/c1-16(2)14-18-8-10-19(11-9-18)17(3)23(26)24-25-29(27,28)22-13-12-20-6-4-5-7-21(20)15-22/h4-13,15-17,25H,14H2,1-3H3,(H,24,26). The van der Waals surface area contributed by atoms with Crippen LogP contribution in [-0.4, -0.2) is 14.3 Å². The van der Waals surface area contributed by atoms with E-state index in [1.807, 2.05) is 48.5 Å². The number of hydrogen-bond donors (Lipinski definition) is 2. The highest BCUT2D eigenvalue weighted by atomic mass is 32.2. The molecule has 3 aromatic carbocycles. The fourth-order valence-corrected chi connectivity index (χ4v) is 4.07. The van der Waals surface area contributed by atoms with Gasteiger partial charge in [0, 0.05) is 0 Å². The number of carbonyl (C=O) groups is 1. The van der Waals surface area contributed by atoms with Gasteiger partial charge in [-0.05, 0) is 53.3 Å². The predicted octanol–water partition coefficient (Wildman–Crippen LogP) is 4.15. The van der Waals surface area contributed by atoms with Crippen LogP contribution in [0.1, 0.15) is 37.8 Å². The van der Waals surface area contributed by atoms with Gasteiger partial charge < -0.3 is 0 Å². The van der Waals surface area contributed by atoms with Gasteiger partial charge in [-0.1, -0.05) is 68.4 Å². The zero-order valence-electron chi connectivity index (χ0n) is 16.8. The second kappa shape index (κ2) is 8.76. The zero-order valence-corrected chi connectivity index (χ0v) is 17.7. The fourth-order valence-electron chi connectivity index (χ4n) is 3.18. The smallest absolute Gasteiger partial charge is 0.257 e. The maximum atomic E-state index is 12.6. The Hall–Kier alpha value is -2.70. The summed E-state index contributed by atoms with van der Waals surface area (Å²) in [5.74, 6) is -0.334. The van der Waals surface area contributed by atoms with E-state index in [1.165, 1.54) is 11.6 Å². The monoisotopic (exact) mass is 410 g/mol. The van der Waals surface area contributed by atoms with Crippen LogP contribution in [0, 0.1) is 5.92 Å². The number of rotatable bonds is 7. The molecular formula is C23H26N2O3S. The molecule has 0 spiro atoms. The molecule has 0 aliphatic carbocycles. The average molecular weight is 411 g/mol. The van der Waals surface area contributed by atoms with Crippen molar-refractivity contribution in [1.29, 1.82) is 0 Å². The summed E-state index contributed by atoms with van der Waals surface area (Å²) in [6, 6.07) is 20.2. The lowest BCUT2D eigenvalue weighted by atomic mass is 9.96. The Morgan fingerprint density at radius 2 is 1.55 bits per heavy atom. The van der Waals surface area contributed by atoms with E-state index >= 15 is 0 Å². The van der Waals surface area contributed by atoms with Crippen molar-refractivity contribution in [2.45, 2.75) is 38.0 Å². The van der Waals surface area contributed by atoms with E-state index in [4.69, 9.17) is 0 Å². The third-order valence-electron chi connectivity index (χ3n) is 4.86. The van der Waals surface area contributed by atoms with E-state index in [0.29, 0.717) is 5.92 Å². The van der Waals surface area contributed by atoms with E-state index in [0.717, 1.165) is 22.8 Å². The maximum absolute atomic E-state index is 12.6. The van der Waals surface area contributed by atoms with Crippen LogP contribution >= 0.6 is 0 Å². The summed E-state index contributed by atoms with van der Waals surface area (Å²) in [7, 11) is -3.86. The van der Waals surface area contributed by atoms with Gasteiger partial charge >= 0.3 is 0 Å². The molecule has 0 aromatic heterocycles. The van der Waals surface area contributed by atoms with E-state index < -0.39 is 21.8 Å². The van der Waals surface area contributed by atoms with Gasteiger partial charge in [0.2, 0.25) is 5.91 Å². The van der Waals surface area contributed by atoms with E-state index in [2.05, 4.69) is 24.1 Å². The minimum Gasteiger partial charge on any atom is -0.277 e. The lowest BCUT2D eigenvalue weighted by molar-refractivity contribution is -0.122. The van der Waals surface area contributed by atoms with Crippen molar-refractivity contribution in [3.05, 3.63) is 77.9 Å². The lowest BCUT2D eigenvalue weighted by Gasteiger charge is -2.14. The van der Waals surface area contributed by atoms with Crippen molar-refractivity contribution in [3.8, 4) is 0 Å². The topological polar surface area (TPSA) is 75.3 Å². The van der Waals surface area contributed by atoms with Crippen molar-refractivity contribution >= 4 is 26.7 Å². The van der Waals surface area contributed by atoms with Crippen LogP contribution in [0.25, 0.3) is 10.8 Å². The maximum Gasteiger partial charge on any atom is 0.257 e. The first-order valence-electron chi connectivity index (χ1n) is 9.65. The van der Waals surface area contributed by atoms with Crippen LogP contribution in [0.3, 0.4) is 0 Å². The van der Waals surface area contributed by atoms with Gasteiger partial charge in [-0.15, -0.1) is 4.83 Å².